The molecule has 3 aromatic rings. The highest BCUT2D eigenvalue weighted by Gasteiger charge is 2.16. The molecule has 0 aliphatic rings. The maximum Gasteiger partial charge on any atom is 0.322 e. The van der Waals surface area contributed by atoms with Gasteiger partial charge in [-0.05, 0) is 57.5 Å². The average molecular weight is 381 g/mol. The van der Waals surface area contributed by atoms with Crippen LogP contribution in [0.4, 0.5) is 6.01 Å². The Morgan fingerprint density at radius 1 is 1.00 bits per heavy atom. The number of aromatic nitrogens is 2. The molecule has 0 saturated heterocycles. The molecule has 1 aromatic heterocycles. The number of amides is 1. The predicted octanol–water partition coefficient (Wildman–Crippen LogP) is 4.40. The van der Waals surface area contributed by atoms with Crippen molar-refractivity contribution in [1.29, 1.82) is 0 Å². The Labute approximate surface area is 163 Å². The lowest BCUT2D eigenvalue weighted by molar-refractivity contribution is 0.102. The summed E-state index contributed by atoms with van der Waals surface area (Å²) < 4.78 is 16.8. The minimum atomic E-state index is -0.297. The molecule has 0 bridgehead atoms. The molecule has 0 unspecified atom stereocenters. The highest BCUT2D eigenvalue weighted by Crippen LogP contribution is 2.32. The van der Waals surface area contributed by atoms with Crippen LogP contribution < -0.4 is 14.8 Å². The van der Waals surface area contributed by atoms with E-state index in [0.717, 1.165) is 11.1 Å². The standard InChI is InChI=1S/C21H23N3O4/c1-5-26-17-10-8-15(12-18(17)27-6-2)20-23-24-21(28-20)22-19(25)16-9-7-13(3)11-14(16)4/h7-12H,5-6H2,1-4H3,(H,22,24,25). The molecule has 1 N–H and O–H groups in total. The second-order valence-corrected chi connectivity index (χ2v) is 6.21. The lowest BCUT2D eigenvalue weighted by Gasteiger charge is -2.11. The van der Waals surface area contributed by atoms with Crippen molar-refractivity contribution in [2.24, 2.45) is 0 Å². The van der Waals surface area contributed by atoms with Crippen LogP contribution in [0.15, 0.2) is 40.8 Å². The third-order valence-corrected chi connectivity index (χ3v) is 4.06. The molecule has 0 aliphatic heterocycles. The minimum absolute atomic E-state index is 0.0341. The van der Waals surface area contributed by atoms with Crippen LogP contribution in [0.1, 0.15) is 35.3 Å². The van der Waals surface area contributed by atoms with Gasteiger partial charge in [0.1, 0.15) is 0 Å². The van der Waals surface area contributed by atoms with Gasteiger partial charge in [0.2, 0.25) is 5.89 Å². The van der Waals surface area contributed by atoms with Crippen molar-refractivity contribution in [1.82, 2.24) is 10.2 Å². The molecule has 7 nitrogen and oxygen atoms in total. The molecule has 0 fully saturated rings. The first-order chi connectivity index (χ1) is 13.5. The van der Waals surface area contributed by atoms with Crippen LogP contribution >= 0.6 is 0 Å². The van der Waals surface area contributed by atoms with Crippen molar-refractivity contribution in [2.75, 3.05) is 18.5 Å². The van der Waals surface area contributed by atoms with Gasteiger partial charge in [0, 0.05) is 11.1 Å². The number of aryl methyl sites for hydroxylation is 2. The lowest BCUT2D eigenvalue weighted by atomic mass is 10.1. The molecule has 1 heterocycles. The first-order valence-electron chi connectivity index (χ1n) is 9.14. The normalized spacial score (nSPS) is 10.6. The van der Waals surface area contributed by atoms with Crippen molar-refractivity contribution in [2.45, 2.75) is 27.7 Å². The summed E-state index contributed by atoms with van der Waals surface area (Å²) in [6.45, 7) is 8.71. The fraction of sp³-hybridized carbons (Fsp3) is 0.286. The molecule has 7 heteroatoms. The first kappa shape index (κ1) is 19.4. The maximum atomic E-state index is 12.5. The summed E-state index contributed by atoms with van der Waals surface area (Å²) in [5.41, 5.74) is 3.20. The smallest absolute Gasteiger partial charge is 0.322 e. The topological polar surface area (TPSA) is 86.5 Å². The van der Waals surface area contributed by atoms with E-state index in [2.05, 4.69) is 15.5 Å². The Morgan fingerprint density at radius 2 is 1.75 bits per heavy atom. The quantitative estimate of drug-likeness (QED) is 0.653. The second kappa shape index (κ2) is 8.56. The van der Waals surface area contributed by atoms with Gasteiger partial charge in [0.25, 0.3) is 5.91 Å². The van der Waals surface area contributed by atoms with E-state index in [1.807, 2.05) is 39.8 Å². The zero-order valence-corrected chi connectivity index (χ0v) is 16.4. The largest absolute Gasteiger partial charge is 0.490 e. The van der Waals surface area contributed by atoms with Crippen LogP contribution in [0.3, 0.4) is 0 Å². The Balaban J connectivity index is 1.80. The molecule has 2 aromatic carbocycles. The van der Waals surface area contributed by atoms with E-state index in [-0.39, 0.29) is 17.8 Å². The third-order valence-electron chi connectivity index (χ3n) is 4.06. The molecule has 0 aliphatic carbocycles. The van der Waals surface area contributed by atoms with E-state index in [1.165, 1.54) is 0 Å². The van der Waals surface area contributed by atoms with E-state index in [9.17, 15) is 4.79 Å². The molecule has 0 radical (unpaired) electrons. The van der Waals surface area contributed by atoms with Crippen molar-refractivity contribution in [3.05, 3.63) is 53.1 Å². The fourth-order valence-corrected chi connectivity index (χ4v) is 2.81. The van der Waals surface area contributed by atoms with Gasteiger partial charge in [0.05, 0.1) is 13.2 Å². The molecular weight excluding hydrogens is 358 g/mol. The van der Waals surface area contributed by atoms with Gasteiger partial charge >= 0.3 is 6.01 Å². The van der Waals surface area contributed by atoms with Crippen molar-refractivity contribution in [3.8, 4) is 23.0 Å². The number of rotatable bonds is 7. The van der Waals surface area contributed by atoms with E-state index in [1.54, 1.807) is 24.3 Å². The van der Waals surface area contributed by atoms with Gasteiger partial charge < -0.3 is 13.9 Å². The Kier molecular flexibility index (Phi) is 5.93. The van der Waals surface area contributed by atoms with Gasteiger partial charge in [-0.3, -0.25) is 10.1 Å². The number of hydrogen-bond donors (Lipinski definition) is 1. The molecule has 1 amide bonds. The van der Waals surface area contributed by atoms with Crippen LogP contribution in [0.5, 0.6) is 11.5 Å². The molecule has 28 heavy (non-hydrogen) atoms. The second-order valence-electron chi connectivity index (χ2n) is 6.21. The molecule has 0 saturated carbocycles. The zero-order chi connectivity index (χ0) is 20.1. The van der Waals surface area contributed by atoms with Crippen LogP contribution in [0.2, 0.25) is 0 Å². The summed E-state index contributed by atoms with van der Waals surface area (Å²) in [5, 5.41) is 10.6. The van der Waals surface area contributed by atoms with Gasteiger partial charge in [-0.1, -0.05) is 22.8 Å². The highest BCUT2D eigenvalue weighted by atomic mass is 16.5. The zero-order valence-electron chi connectivity index (χ0n) is 16.4. The van der Waals surface area contributed by atoms with Crippen molar-refractivity contribution < 1.29 is 18.7 Å². The lowest BCUT2D eigenvalue weighted by Crippen LogP contribution is -2.13. The van der Waals surface area contributed by atoms with E-state index >= 15 is 0 Å². The Hall–Kier alpha value is -3.35. The van der Waals surface area contributed by atoms with Crippen LogP contribution in [0, 0.1) is 13.8 Å². The summed E-state index contributed by atoms with van der Waals surface area (Å²) in [6, 6.07) is 11.0. The Bertz CT molecular complexity index is 982. The summed E-state index contributed by atoms with van der Waals surface area (Å²) >= 11 is 0. The number of carbonyl (C=O) groups excluding carboxylic acids is 1. The average Bonchev–Trinajstić information content (AvgIpc) is 3.12. The molecule has 0 atom stereocenters. The van der Waals surface area contributed by atoms with Crippen LogP contribution in [-0.4, -0.2) is 29.3 Å². The number of ether oxygens (including phenoxy) is 2. The number of anilines is 1. The monoisotopic (exact) mass is 381 g/mol. The van der Waals surface area contributed by atoms with Gasteiger partial charge in [-0.2, -0.15) is 0 Å². The van der Waals surface area contributed by atoms with Crippen molar-refractivity contribution >= 4 is 11.9 Å². The molecule has 146 valence electrons. The molecule has 0 spiro atoms. The number of benzene rings is 2. The minimum Gasteiger partial charge on any atom is -0.490 e. The van der Waals surface area contributed by atoms with E-state index in [0.29, 0.717) is 35.8 Å². The number of nitrogens with one attached hydrogen (secondary N) is 1. The number of nitrogens with zero attached hydrogens (tertiary/aromatic N) is 2. The van der Waals surface area contributed by atoms with Gasteiger partial charge in [0.15, 0.2) is 11.5 Å². The summed E-state index contributed by atoms with van der Waals surface area (Å²) in [7, 11) is 0. The fourth-order valence-electron chi connectivity index (χ4n) is 2.81. The molecular formula is C21H23N3O4. The predicted molar refractivity (Wildman–Crippen MR) is 106 cm³/mol. The summed E-state index contributed by atoms with van der Waals surface area (Å²) in [4.78, 5) is 12.5. The van der Waals surface area contributed by atoms with Crippen molar-refractivity contribution in [3.63, 3.8) is 0 Å². The first-order valence-corrected chi connectivity index (χ1v) is 9.14. The SMILES string of the molecule is CCOc1ccc(-c2nnc(NC(=O)c3ccc(C)cc3C)o2)cc1OCC. The number of carbonyl (C=O) groups is 1. The van der Waals surface area contributed by atoms with Crippen LogP contribution in [0.25, 0.3) is 11.5 Å². The third kappa shape index (κ3) is 4.31. The van der Waals surface area contributed by atoms with Gasteiger partial charge in [-0.15, -0.1) is 5.10 Å². The summed E-state index contributed by atoms with van der Waals surface area (Å²) in [6.07, 6.45) is 0. The molecule has 3 rings (SSSR count). The Morgan fingerprint density at radius 3 is 2.46 bits per heavy atom. The highest BCUT2D eigenvalue weighted by molar-refractivity contribution is 6.04. The van der Waals surface area contributed by atoms with E-state index in [4.69, 9.17) is 13.9 Å². The number of hydrogen-bond acceptors (Lipinski definition) is 6. The van der Waals surface area contributed by atoms with E-state index < -0.39 is 0 Å². The maximum absolute atomic E-state index is 12.5. The summed E-state index contributed by atoms with van der Waals surface area (Å²) in [5.74, 6) is 1.23. The van der Waals surface area contributed by atoms with Crippen LogP contribution in [-0.2, 0) is 0 Å². The van der Waals surface area contributed by atoms with Gasteiger partial charge in [-0.25, -0.2) is 0 Å².